The van der Waals surface area contributed by atoms with Crippen molar-refractivity contribution in [3.8, 4) is 17.1 Å². The summed E-state index contributed by atoms with van der Waals surface area (Å²) in [7, 11) is 1.64. The summed E-state index contributed by atoms with van der Waals surface area (Å²) in [5.41, 5.74) is 3.62. The van der Waals surface area contributed by atoms with E-state index in [1.165, 1.54) is 5.56 Å². The Hall–Kier alpha value is -3.68. The molecule has 1 aliphatic rings. The van der Waals surface area contributed by atoms with Gasteiger partial charge in [-0.2, -0.15) is 4.52 Å². The summed E-state index contributed by atoms with van der Waals surface area (Å²) < 4.78 is 6.99. The van der Waals surface area contributed by atoms with Gasteiger partial charge in [0.1, 0.15) is 11.8 Å². The standard InChI is InChI=1S/C25H28N6O2/c1-15(2)17-9-12-19-21(14-17)28-25(27-20-6-4-5-13-26-24(20)32)31-23(19)29-22(30-31)16-7-10-18(33-3)11-8-16/h7-12,14-15,20H,4-6,13H2,1-3H3,(H,26,32)(H,27,28). The maximum Gasteiger partial charge on any atom is 0.242 e. The molecule has 0 spiro atoms. The molecule has 8 nitrogen and oxygen atoms in total. The topological polar surface area (TPSA) is 93.4 Å². The first-order valence-electron chi connectivity index (χ1n) is 11.4. The van der Waals surface area contributed by atoms with Crippen molar-refractivity contribution in [2.75, 3.05) is 19.0 Å². The summed E-state index contributed by atoms with van der Waals surface area (Å²) >= 11 is 0. The summed E-state index contributed by atoms with van der Waals surface area (Å²) in [5, 5.41) is 12.0. The third-order valence-corrected chi connectivity index (χ3v) is 6.15. The number of fused-ring (bicyclic) bond motifs is 3. The van der Waals surface area contributed by atoms with E-state index in [1.807, 2.05) is 24.3 Å². The molecular weight excluding hydrogens is 416 g/mol. The molecule has 1 fully saturated rings. The molecule has 0 aliphatic carbocycles. The van der Waals surface area contributed by atoms with Gasteiger partial charge in [-0.25, -0.2) is 9.97 Å². The van der Waals surface area contributed by atoms with E-state index in [0.717, 1.165) is 41.5 Å². The lowest BCUT2D eigenvalue weighted by atomic mass is 10.0. The van der Waals surface area contributed by atoms with Gasteiger partial charge in [-0.05, 0) is 67.1 Å². The number of carbonyl (C=O) groups excluding carboxylic acids is 1. The molecule has 2 N–H and O–H groups in total. The van der Waals surface area contributed by atoms with E-state index in [4.69, 9.17) is 19.8 Å². The molecule has 2 aromatic carbocycles. The van der Waals surface area contributed by atoms with E-state index < -0.39 is 0 Å². The Morgan fingerprint density at radius 3 is 2.70 bits per heavy atom. The van der Waals surface area contributed by atoms with Crippen molar-refractivity contribution in [3.05, 3.63) is 48.0 Å². The number of aromatic nitrogens is 4. The zero-order valence-electron chi connectivity index (χ0n) is 19.1. The Morgan fingerprint density at radius 1 is 1.12 bits per heavy atom. The molecule has 0 saturated carbocycles. The minimum atomic E-state index is -0.359. The number of nitrogens with one attached hydrogen (secondary N) is 2. The van der Waals surface area contributed by atoms with Crippen LogP contribution in [0.3, 0.4) is 0 Å². The van der Waals surface area contributed by atoms with Gasteiger partial charge in [0.25, 0.3) is 0 Å². The molecule has 0 bridgehead atoms. The van der Waals surface area contributed by atoms with Gasteiger partial charge < -0.3 is 15.4 Å². The first-order chi connectivity index (χ1) is 16.0. The van der Waals surface area contributed by atoms with Crippen LogP contribution in [0.4, 0.5) is 5.95 Å². The molecule has 0 radical (unpaired) electrons. The number of nitrogens with zero attached hydrogens (tertiary/aromatic N) is 4. The van der Waals surface area contributed by atoms with Gasteiger partial charge in [0, 0.05) is 17.5 Å². The number of rotatable bonds is 5. The van der Waals surface area contributed by atoms with Crippen molar-refractivity contribution in [2.45, 2.75) is 45.1 Å². The highest BCUT2D eigenvalue weighted by atomic mass is 16.5. The number of hydrogen-bond donors (Lipinski definition) is 2. The van der Waals surface area contributed by atoms with Gasteiger partial charge in [-0.3, -0.25) is 4.79 Å². The fraction of sp³-hybridized carbons (Fsp3) is 0.360. The van der Waals surface area contributed by atoms with E-state index in [9.17, 15) is 4.79 Å². The van der Waals surface area contributed by atoms with Crippen LogP contribution in [0.15, 0.2) is 42.5 Å². The van der Waals surface area contributed by atoms with Crippen LogP contribution in [0.5, 0.6) is 5.75 Å². The third-order valence-electron chi connectivity index (χ3n) is 6.15. The summed E-state index contributed by atoms with van der Waals surface area (Å²) in [6, 6.07) is 13.6. The number of methoxy groups -OCH3 is 1. The minimum Gasteiger partial charge on any atom is -0.497 e. The van der Waals surface area contributed by atoms with Crippen molar-refractivity contribution >= 4 is 28.4 Å². The first kappa shape index (κ1) is 21.2. The average molecular weight is 445 g/mol. The van der Waals surface area contributed by atoms with Gasteiger partial charge in [0.2, 0.25) is 11.9 Å². The summed E-state index contributed by atoms with van der Waals surface area (Å²) in [6.07, 6.45) is 2.70. The zero-order valence-corrected chi connectivity index (χ0v) is 19.1. The second kappa shape index (κ2) is 8.69. The van der Waals surface area contributed by atoms with Crippen molar-refractivity contribution in [3.63, 3.8) is 0 Å². The number of benzene rings is 2. The predicted molar refractivity (Wildman–Crippen MR) is 129 cm³/mol. The molecule has 1 aliphatic heterocycles. The minimum absolute atomic E-state index is 0.00558. The normalized spacial score (nSPS) is 16.7. The molecule has 5 rings (SSSR count). The molecule has 3 heterocycles. The van der Waals surface area contributed by atoms with Gasteiger partial charge in [0.15, 0.2) is 11.5 Å². The molecule has 1 atom stereocenters. The van der Waals surface area contributed by atoms with Crippen LogP contribution in [-0.2, 0) is 4.79 Å². The predicted octanol–water partition coefficient (Wildman–Crippen LogP) is 4.16. The third kappa shape index (κ3) is 4.08. The highest BCUT2D eigenvalue weighted by Crippen LogP contribution is 2.28. The van der Waals surface area contributed by atoms with Crippen LogP contribution in [0, 0.1) is 0 Å². The highest BCUT2D eigenvalue weighted by molar-refractivity contribution is 5.94. The van der Waals surface area contributed by atoms with E-state index >= 15 is 0 Å². The van der Waals surface area contributed by atoms with Crippen LogP contribution >= 0.6 is 0 Å². The van der Waals surface area contributed by atoms with Gasteiger partial charge in [-0.1, -0.05) is 19.9 Å². The van der Waals surface area contributed by atoms with Crippen molar-refractivity contribution in [1.82, 2.24) is 24.9 Å². The van der Waals surface area contributed by atoms with Crippen molar-refractivity contribution in [2.24, 2.45) is 0 Å². The van der Waals surface area contributed by atoms with E-state index in [0.29, 0.717) is 29.9 Å². The maximum absolute atomic E-state index is 12.6. The van der Waals surface area contributed by atoms with Crippen LogP contribution in [-0.4, -0.2) is 45.2 Å². The second-order valence-electron chi connectivity index (χ2n) is 8.75. The van der Waals surface area contributed by atoms with Gasteiger partial charge >= 0.3 is 0 Å². The molecular formula is C25H28N6O2. The second-order valence-corrected chi connectivity index (χ2v) is 8.75. The molecule has 170 valence electrons. The van der Waals surface area contributed by atoms with Crippen LogP contribution in [0.1, 0.15) is 44.6 Å². The van der Waals surface area contributed by atoms with Gasteiger partial charge in [-0.15, -0.1) is 5.10 Å². The lowest BCUT2D eigenvalue weighted by Gasteiger charge is -2.17. The van der Waals surface area contributed by atoms with Crippen LogP contribution in [0.25, 0.3) is 27.9 Å². The molecule has 8 heteroatoms. The zero-order chi connectivity index (χ0) is 22.9. The molecule has 1 unspecified atom stereocenters. The van der Waals surface area contributed by atoms with Gasteiger partial charge in [0.05, 0.1) is 12.6 Å². The number of ether oxygens (including phenoxy) is 1. The van der Waals surface area contributed by atoms with E-state index in [2.05, 4.69) is 42.7 Å². The Balaban J connectivity index is 1.66. The van der Waals surface area contributed by atoms with E-state index in [-0.39, 0.29) is 11.9 Å². The SMILES string of the molecule is COc1ccc(-c2nc3c4ccc(C(C)C)cc4nc(NC4CCCCNC4=O)n3n2)cc1. The Labute approximate surface area is 192 Å². The fourth-order valence-corrected chi connectivity index (χ4v) is 4.17. The summed E-state index contributed by atoms with van der Waals surface area (Å²) in [4.78, 5) is 22.3. The molecule has 1 saturated heterocycles. The summed E-state index contributed by atoms with van der Waals surface area (Å²) in [5.74, 6) is 2.26. The Kier molecular flexibility index (Phi) is 5.58. The number of hydrogen-bond acceptors (Lipinski definition) is 6. The smallest absolute Gasteiger partial charge is 0.242 e. The largest absolute Gasteiger partial charge is 0.497 e. The number of amides is 1. The molecule has 1 amide bonds. The number of carbonyl (C=O) groups is 1. The average Bonchev–Trinajstić information content (AvgIpc) is 3.18. The van der Waals surface area contributed by atoms with Crippen molar-refractivity contribution in [1.29, 1.82) is 0 Å². The maximum atomic E-state index is 12.6. The van der Waals surface area contributed by atoms with Crippen LogP contribution < -0.4 is 15.4 Å². The quantitative estimate of drug-likeness (QED) is 0.480. The first-order valence-corrected chi connectivity index (χ1v) is 11.4. The lowest BCUT2D eigenvalue weighted by molar-refractivity contribution is -0.121. The monoisotopic (exact) mass is 444 g/mol. The Bertz CT molecular complexity index is 1310. The summed E-state index contributed by atoms with van der Waals surface area (Å²) in [6.45, 7) is 5.03. The molecule has 2 aromatic heterocycles. The van der Waals surface area contributed by atoms with Crippen LogP contribution in [0.2, 0.25) is 0 Å². The fourth-order valence-electron chi connectivity index (χ4n) is 4.17. The number of anilines is 1. The lowest BCUT2D eigenvalue weighted by Crippen LogP contribution is -2.38. The Morgan fingerprint density at radius 2 is 1.94 bits per heavy atom. The molecule has 33 heavy (non-hydrogen) atoms. The molecule has 4 aromatic rings. The highest BCUT2D eigenvalue weighted by Gasteiger charge is 2.23. The van der Waals surface area contributed by atoms with Crippen molar-refractivity contribution < 1.29 is 9.53 Å². The van der Waals surface area contributed by atoms with E-state index in [1.54, 1.807) is 11.6 Å².